The number of fused-ring (bicyclic) bond motifs is 1. The van der Waals surface area contributed by atoms with Crippen molar-refractivity contribution in [3.63, 3.8) is 0 Å². The van der Waals surface area contributed by atoms with Crippen LogP contribution in [0.3, 0.4) is 0 Å². The number of thioether (sulfide) groups is 1. The summed E-state index contributed by atoms with van der Waals surface area (Å²) in [7, 11) is 3.48. The molecule has 0 spiro atoms. The fourth-order valence-electron chi connectivity index (χ4n) is 5.23. The van der Waals surface area contributed by atoms with Crippen LogP contribution in [0.5, 0.6) is 5.75 Å². The largest absolute Gasteiger partial charge is 0.494 e. The second kappa shape index (κ2) is 9.50. The molecule has 0 bridgehead atoms. The third kappa shape index (κ3) is 4.36. The predicted molar refractivity (Wildman–Crippen MR) is 131 cm³/mol. The van der Waals surface area contributed by atoms with E-state index in [1.54, 1.807) is 30.4 Å². The Hall–Kier alpha value is -2.72. The highest BCUT2D eigenvalue weighted by atomic mass is 32.2. The molecule has 0 radical (unpaired) electrons. The zero-order chi connectivity index (χ0) is 23.7. The fourth-order valence-corrected chi connectivity index (χ4v) is 6.07. The lowest BCUT2D eigenvalue weighted by molar-refractivity contribution is 0.276. The highest BCUT2D eigenvalue weighted by Gasteiger charge is 2.50. The quantitative estimate of drug-likeness (QED) is 0.356. The molecule has 180 valence electrons. The number of rotatable bonds is 8. The average molecular weight is 484 g/mol. The molecule has 1 aromatic carbocycles. The van der Waals surface area contributed by atoms with Gasteiger partial charge in [0, 0.05) is 68.0 Å². The van der Waals surface area contributed by atoms with Crippen LogP contribution in [0.2, 0.25) is 0 Å². The molecule has 0 N–H and O–H groups in total. The minimum atomic E-state index is -0.314. The molecule has 2 aliphatic rings. The first-order chi connectivity index (χ1) is 16.5. The summed E-state index contributed by atoms with van der Waals surface area (Å²) < 4.78 is 21.1. The molecule has 2 aliphatic heterocycles. The molecule has 10 heteroatoms. The van der Waals surface area contributed by atoms with E-state index in [4.69, 9.17) is 4.74 Å². The molecule has 34 heavy (non-hydrogen) atoms. The van der Waals surface area contributed by atoms with Crippen molar-refractivity contribution < 1.29 is 9.13 Å². The number of nitrogens with zero attached hydrogens (tertiary/aromatic N) is 7. The lowest BCUT2D eigenvalue weighted by atomic mass is 9.85. The number of ether oxygens (including phenoxy) is 1. The summed E-state index contributed by atoms with van der Waals surface area (Å²) in [6.07, 6.45) is 7.24. The molecule has 2 fully saturated rings. The molecule has 0 amide bonds. The van der Waals surface area contributed by atoms with Gasteiger partial charge in [-0.3, -0.25) is 4.98 Å². The molecular weight excluding hydrogens is 453 g/mol. The van der Waals surface area contributed by atoms with E-state index in [1.165, 1.54) is 13.2 Å². The van der Waals surface area contributed by atoms with E-state index in [9.17, 15) is 4.39 Å². The molecule has 8 nitrogen and oxygen atoms in total. The summed E-state index contributed by atoms with van der Waals surface area (Å²) in [5, 5.41) is 9.51. The van der Waals surface area contributed by atoms with Crippen molar-refractivity contribution in [1.29, 1.82) is 0 Å². The van der Waals surface area contributed by atoms with Gasteiger partial charge < -0.3 is 19.1 Å². The monoisotopic (exact) mass is 483 g/mol. The van der Waals surface area contributed by atoms with E-state index in [0.717, 1.165) is 67.1 Å². The van der Waals surface area contributed by atoms with Gasteiger partial charge in [0.2, 0.25) is 0 Å². The van der Waals surface area contributed by atoms with E-state index in [0.29, 0.717) is 11.8 Å². The van der Waals surface area contributed by atoms with Gasteiger partial charge in [0.1, 0.15) is 5.69 Å². The van der Waals surface area contributed by atoms with E-state index < -0.39 is 0 Å². The lowest BCUT2D eigenvalue weighted by Crippen LogP contribution is -2.37. The van der Waals surface area contributed by atoms with Crippen molar-refractivity contribution in [3.05, 3.63) is 42.6 Å². The fraction of sp³-hybridized carbons (Fsp3) is 0.500. The standard InChI is InChI=1S/C24H30FN7OS/c1-24-7-11-32(17-5-6-18(25)20(13-17)33-3)21(24)15-31(16-24)10-4-12-34-23-29-28-22(30(23)2)19-14-26-8-9-27-19/h5-6,8-9,13-14,21H,4,7,10-12,15-16H2,1-3H3/t21-,24+/m0/s1. The maximum Gasteiger partial charge on any atom is 0.191 e. The molecule has 2 aromatic heterocycles. The van der Waals surface area contributed by atoms with Crippen molar-refractivity contribution in [2.45, 2.75) is 31.0 Å². The van der Waals surface area contributed by atoms with Crippen LogP contribution in [-0.2, 0) is 7.05 Å². The van der Waals surface area contributed by atoms with Gasteiger partial charge in [-0.1, -0.05) is 18.7 Å². The van der Waals surface area contributed by atoms with Gasteiger partial charge in [-0.2, -0.15) is 0 Å². The third-order valence-electron chi connectivity index (χ3n) is 7.06. The highest BCUT2D eigenvalue weighted by Crippen LogP contribution is 2.45. The predicted octanol–water partition coefficient (Wildman–Crippen LogP) is 3.50. The minimum absolute atomic E-state index is 0.254. The zero-order valence-electron chi connectivity index (χ0n) is 19.8. The van der Waals surface area contributed by atoms with Crippen molar-refractivity contribution in [3.8, 4) is 17.3 Å². The summed E-state index contributed by atoms with van der Waals surface area (Å²) >= 11 is 1.72. The summed E-state index contributed by atoms with van der Waals surface area (Å²) in [4.78, 5) is 13.4. The SMILES string of the molecule is COc1cc(N2CC[C@]3(C)CN(CCCSc4nnc(-c5cnccn5)n4C)C[C@H]23)ccc1F. The van der Waals surface area contributed by atoms with Crippen LogP contribution in [0.15, 0.2) is 41.9 Å². The van der Waals surface area contributed by atoms with Crippen LogP contribution >= 0.6 is 11.8 Å². The van der Waals surface area contributed by atoms with Crippen LogP contribution in [0.1, 0.15) is 19.8 Å². The van der Waals surface area contributed by atoms with E-state index in [-0.39, 0.29) is 11.2 Å². The van der Waals surface area contributed by atoms with Crippen LogP contribution in [0.4, 0.5) is 10.1 Å². The number of hydrogen-bond acceptors (Lipinski definition) is 8. The maximum atomic E-state index is 13.9. The second-order valence-electron chi connectivity index (χ2n) is 9.33. The number of likely N-dealkylation sites (tertiary alicyclic amines) is 1. The Morgan fingerprint density at radius 2 is 2.15 bits per heavy atom. The Morgan fingerprint density at radius 1 is 1.26 bits per heavy atom. The van der Waals surface area contributed by atoms with E-state index in [1.807, 2.05) is 23.7 Å². The van der Waals surface area contributed by atoms with Crippen molar-refractivity contribution in [2.75, 3.05) is 43.9 Å². The number of halogens is 1. The van der Waals surface area contributed by atoms with Crippen LogP contribution in [0.25, 0.3) is 11.5 Å². The van der Waals surface area contributed by atoms with Gasteiger partial charge in [0.15, 0.2) is 22.5 Å². The molecular formula is C24H30FN7OS. The minimum Gasteiger partial charge on any atom is -0.494 e. The first-order valence-electron chi connectivity index (χ1n) is 11.6. The Morgan fingerprint density at radius 3 is 2.94 bits per heavy atom. The summed E-state index contributed by atoms with van der Waals surface area (Å²) in [5.74, 6) is 1.70. The van der Waals surface area contributed by atoms with Crippen molar-refractivity contribution in [2.24, 2.45) is 12.5 Å². The number of hydrogen-bond donors (Lipinski definition) is 0. The smallest absolute Gasteiger partial charge is 0.191 e. The highest BCUT2D eigenvalue weighted by molar-refractivity contribution is 7.99. The second-order valence-corrected chi connectivity index (χ2v) is 10.4. The van der Waals surface area contributed by atoms with Gasteiger partial charge >= 0.3 is 0 Å². The number of benzene rings is 1. The van der Waals surface area contributed by atoms with Crippen LogP contribution < -0.4 is 9.64 Å². The molecule has 5 rings (SSSR count). The Bertz CT molecular complexity index is 1140. The van der Waals surface area contributed by atoms with Crippen molar-refractivity contribution >= 4 is 17.4 Å². The topological polar surface area (TPSA) is 72.2 Å². The van der Waals surface area contributed by atoms with Gasteiger partial charge in [0.25, 0.3) is 0 Å². The Labute approximate surface area is 203 Å². The van der Waals surface area contributed by atoms with Gasteiger partial charge in [-0.15, -0.1) is 10.2 Å². The van der Waals surface area contributed by atoms with Gasteiger partial charge in [0.05, 0.1) is 13.3 Å². The van der Waals surface area contributed by atoms with Crippen LogP contribution in [-0.4, -0.2) is 74.7 Å². The summed E-state index contributed by atoms with van der Waals surface area (Å²) in [5.41, 5.74) is 2.03. The van der Waals surface area contributed by atoms with E-state index >= 15 is 0 Å². The molecule has 3 aromatic rings. The third-order valence-corrected chi connectivity index (χ3v) is 8.17. The first-order valence-corrected chi connectivity index (χ1v) is 12.6. The Kier molecular flexibility index (Phi) is 6.44. The number of aromatic nitrogens is 5. The molecule has 2 atom stereocenters. The molecule has 2 saturated heterocycles. The maximum absolute atomic E-state index is 13.9. The van der Waals surface area contributed by atoms with Crippen molar-refractivity contribution in [1.82, 2.24) is 29.6 Å². The zero-order valence-corrected chi connectivity index (χ0v) is 20.6. The summed E-state index contributed by atoms with van der Waals surface area (Å²) in [6, 6.07) is 5.65. The van der Waals surface area contributed by atoms with E-state index in [2.05, 4.69) is 36.9 Å². The molecule has 0 saturated carbocycles. The molecule has 0 aliphatic carbocycles. The first kappa shape index (κ1) is 23.0. The molecule has 0 unspecified atom stereocenters. The van der Waals surface area contributed by atoms with Gasteiger partial charge in [-0.25, -0.2) is 9.37 Å². The normalized spacial score (nSPS) is 22.4. The average Bonchev–Trinajstić information content (AvgIpc) is 3.47. The summed E-state index contributed by atoms with van der Waals surface area (Å²) in [6.45, 7) is 6.56. The van der Waals surface area contributed by atoms with Gasteiger partial charge in [-0.05, 0) is 31.5 Å². The molecule has 4 heterocycles. The number of anilines is 1. The Balaban J connectivity index is 1.15. The number of methoxy groups -OCH3 is 1. The lowest BCUT2D eigenvalue weighted by Gasteiger charge is -2.30. The van der Waals surface area contributed by atoms with Crippen LogP contribution in [0, 0.1) is 11.2 Å².